The molecule has 1 amide bonds. The van der Waals surface area contributed by atoms with Crippen molar-refractivity contribution >= 4 is 27.8 Å². The number of nitrogens with zero attached hydrogens (tertiary/aromatic N) is 2. The van der Waals surface area contributed by atoms with Crippen molar-refractivity contribution in [1.82, 2.24) is 5.43 Å². The number of ether oxygens (including phenoxy) is 2. The van der Waals surface area contributed by atoms with Crippen LogP contribution in [-0.2, 0) is 14.8 Å². The van der Waals surface area contributed by atoms with Crippen LogP contribution in [0.4, 0.5) is 5.69 Å². The second kappa shape index (κ2) is 10.5. The number of sulfonamides is 1. The van der Waals surface area contributed by atoms with E-state index in [4.69, 9.17) is 9.47 Å². The lowest BCUT2D eigenvalue weighted by Crippen LogP contribution is -2.39. The van der Waals surface area contributed by atoms with Gasteiger partial charge in [0.15, 0.2) is 0 Å². The van der Waals surface area contributed by atoms with Gasteiger partial charge in [-0.25, -0.2) is 13.8 Å². The summed E-state index contributed by atoms with van der Waals surface area (Å²) in [5.41, 5.74) is 3.47. The van der Waals surface area contributed by atoms with E-state index in [1.807, 2.05) is 13.8 Å². The number of rotatable bonds is 10. The Kier molecular flexibility index (Phi) is 8.02. The van der Waals surface area contributed by atoms with Gasteiger partial charge in [0.05, 0.1) is 31.4 Å². The van der Waals surface area contributed by atoms with Gasteiger partial charge in [-0.15, -0.1) is 0 Å². The number of carbonyl (C=O) groups excluding carboxylic acids is 1. The second-order valence-electron chi connectivity index (χ2n) is 5.99. The summed E-state index contributed by atoms with van der Waals surface area (Å²) >= 11 is 0. The zero-order valence-electron chi connectivity index (χ0n) is 16.7. The van der Waals surface area contributed by atoms with Crippen molar-refractivity contribution in [2.24, 2.45) is 5.10 Å². The van der Waals surface area contributed by atoms with E-state index in [0.717, 1.165) is 21.9 Å². The van der Waals surface area contributed by atoms with Gasteiger partial charge in [0, 0.05) is 0 Å². The number of hydrogen-bond donors (Lipinski definition) is 1. The zero-order chi connectivity index (χ0) is 21.3. The molecule has 29 heavy (non-hydrogen) atoms. The predicted molar refractivity (Wildman–Crippen MR) is 113 cm³/mol. The normalized spacial score (nSPS) is 11.3. The SMILES string of the molecule is CCOc1ccc(/C=N\NC(=O)CN(c2ccc(OCC)cc2)S(C)(=O)=O)cc1. The van der Waals surface area contributed by atoms with Gasteiger partial charge in [-0.1, -0.05) is 0 Å². The Hall–Kier alpha value is -3.07. The molecule has 0 bridgehead atoms. The molecular formula is C20H25N3O5S. The van der Waals surface area contributed by atoms with Crippen LogP contribution in [0.25, 0.3) is 0 Å². The molecule has 0 aliphatic carbocycles. The molecule has 0 aliphatic rings. The van der Waals surface area contributed by atoms with Crippen molar-refractivity contribution in [2.75, 3.05) is 30.3 Å². The first-order chi connectivity index (χ1) is 13.8. The van der Waals surface area contributed by atoms with E-state index >= 15 is 0 Å². The predicted octanol–water partition coefficient (Wildman–Crippen LogP) is 2.40. The van der Waals surface area contributed by atoms with E-state index in [1.54, 1.807) is 48.5 Å². The number of benzene rings is 2. The maximum Gasteiger partial charge on any atom is 0.260 e. The molecule has 1 N–H and O–H groups in total. The van der Waals surface area contributed by atoms with Crippen molar-refractivity contribution < 1.29 is 22.7 Å². The summed E-state index contributed by atoms with van der Waals surface area (Å²) < 4.78 is 36.0. The molecule has 2 aromatic rings. The lowest BCUT2D eigenvalue weighted by atomic mass is 10.2. The molecular weight excluding hydrogens is 394 g/mol. The summed E-state index contributed by atoms with van der Waals surface area (Å²) in [5, 5.41) is 3.88. The first kappa shape index (κ1) is 22.2. The molecule has 0 spiro atoms. The highest BCUT2D eigenvalue weighted by Gasteiger charge is 2.20. The Morgan fingerprint density at radius 3 is 2.00 bits per heavy atom. The van der Waals surface area contributed by atoms with Gasteiger partial charge in [-0.2, -0.15) is 5.10 Å². The van der Waals surface area contributed by atoms with E-state index in [0.29, 0.717) is 24.7 Å². The molecule has 8 nitrogen and oxygen atoms in total. The molecule has 0 heterocycles. The quantitative estimate of drug-likeness (QED) is 0.471. The van der Waals surface area contributed by atoms with Gasteiger partial charge in [0.25, 0.3) is 5.91 Å². The van der Waals surface area contributed by atoms with Crippen LogP contribution in [0.5, 0.6) is 11.5 Å². The van der Waals surface area contributed by atoms with E-state index in [1.165, 1.54) is 6.21 Å². The Balaban J connectivity index is 2.01. The Morgan fingerprint density at radius 2 is 1.52 bits per heavy atom. The number of nitrogens with one attached hydrogen (secondary N) is 1. The minimum absolute atomic E-state index is 0.363. The lowest BCUT2D eigenvalue weighted by molar-refractivity contribution is -0.119. The van der Waals surface area contributed by atoms with Crippen LogP contribution < -0.4 is 19.2 Å². The molecule has 0 saturated carbocycles. The van der Waals surface area contributed by atoms with Gasteiger partial charge < -0.3 is 9.47 Å². The van der Waals surface area contributed by atoms with Crippen molar-refractivity contribution in [3.63, 3.8) is 0 Å². The third-order valence-electron chi connectivity index (χ3n) is 3.72. The third-order valence-corrected chi connectivity index (χ3v) is 4.86. The summed E-state index contributed by atoms with van der Waals surface area (Å²) in [6.07, 6.45) is 2.51. The summed E-state index contributed by atoms with van der Waals surface area (Å²) in [6, 6.07) is 13.7. The van der Waals surface area contributed by atoms with Crippen molar-refractivity contribution in [3.8, 4) is 11.5 Å². The van der Waals surface area contributed by atoms with Crippen LogP contribution in [0.1, 0.15) is 19.4 Å². The van der Waals surface area contributed by atoms with Crippen LogP contribution >= 0.6 is 0 Å². The van der Waals surface area contributed by atoms with Gasteiger partial charge in [0.2, 0.25) is 10.0 Å². The van der Waals surface area contributed by atoms with Crippen LogP contribution in [0.3, 0.4) is 0 Å². The molecule has 0 unspecified atom stereocenters. The highest BCUT2D eigenvalue weighted by atomic mass is 32.2. The summed E-state index contributed by atoms with van der Waals surface area (Å²) in [5.74, 6) is 0.799. The number of hydrogen-bond acceptors (Lipinski definition) is 6. The maximum atomic E-state index is 12.2. The average Bonchev–Trinajstić information content (AvgIpc) is 2.68. The van der Waals surface area contributed by atoms with Gasteiger partial charge in [0.1, 0.15) is 18.0 Å². The van der Waals surface area contributed by atoms with Crippen molar-refractivity contribution in [3.05, 3.63) is 54.1 Å². The highest BCUT2D eigenvalue weighted by Crippen LogP contribution is 2.21. The largest absolute Gasteiger partial charge is 0.494 e. The fraction of sp³-hybridized carbons (Fsp3) is 0.300. The fourth-order valence-electron chi connectivity index (χ4n) is 2.44. The smallest absolute Gasteiger partial charge is 0.260 e. The minimum Gasteiger partial charge on any atom is -0.494 e. The third kappa shape index (κ3) is 7.11. The Morgan fingerprint density at radius 1 is 1.00 bits per heavy atom. The number of carbonyl (C=O) groups is 1. The molecule has 2 aromatic carbocycles. The van der Waals surface area contributed by atoms with Crippen molar-refractivity contribution in [2.45, 2.75) is 13.8 Å². The molecule has 0 atom stereocenters. The lowest BCUT2D eigenvalue weighted by Gasteiger charge is -2.21. The average molecular weight is 420 g/mol. The maximum absolute atomic E-state index is 12.2. The van der Waals surface area contributed by atoms with Crippen LogP contribution in [-0.4, -0.2) is 46.6 Å². The van der Waals surface area contributed by atoms with E-state index in [-0.39, 0.29) is 0 Å². The highest BCUT2D eigenvalue weighted by molar-refractivity contribution is 7.92. The van der Waals surface area contributed by atoms with Crippen LogP contribution in [0.15, 0.2) is 53.6 Å². The standard InChI is InChI=1S/C20H25N3O5S/c1-4-27-18-10-6-16(7-11-18)14-21-22-20(24)15-23(29(3,25)26)17-8-12-19(13-9-17)28-5-2/h6-14H,4-5,15H2,1-3H3,(H,22,24)/b21-14-. The van der Waals surface area contributed by atoms with Crippen LogP contribution in [0.2, 0.25) is 0 Å². The molecule has 0 fully saturated rings. The number of anilines is 1. The van der Waals surface area contributed by atoms with Gasteiger partial charge >= 0.3 is 0 Å². The number of amides is 1. The summed E-state index contributed by atoms with van der Waals surface area (Å²) in [7, 11) is -3.66. The van der Waals surface area contributed by atoms with Crippen LogP contribution in [0, 0.1) is 0 Å². The van der Waals surface area contributed by atoms with Gasteiger partial charge in [-0.05, 0) is 67.9 Å². The van der Waals surface area contributed by atoms with E-state index in [9.17, 15) is 13.2 Å². The molecule has 156 valence electrons. The molecule has 0 radical (unpaired) electrons. The molecule has 2 rings (SSSR count). The molecule has 0 aliphatic heterocycles. The van der Waals surface area contributed by atoms with Crippen molar-refractivity contribution in [1.29, 1.82) is 0 Å². The molecule has 0 saturated heterocycles. The zero-order valence-corrected chi connectivity index (χ0v) is 17.5. The Bertz CT molecular complexity index is 926. The Labute approximate surface area is 171 Å². The number of hydrazone groups is 1. The molecule has 9 heteroatoms. The fourth-order valence-corrected chi connectivity index (χ4v) is 3.29. The first-order valence-corrected chi connectivity index (χ1v) is 10.9. The summed E-state index contributed by atoms with van der Waals surface area (Å²) in [6.45, 7) is 4.44. The first-order valence-electron chi connectivity index (χ1n) is 9.08. The van der Waals surface area contributed by atoms with E-state index in [2.05, 4.69) is 10.5 Å². The summed E-state index contributed by atoms with van der Waals surface area (Å²) in [4.78, 5) is 12.2. The van der Waals surface area contributed by atoms with Gasteiger partial charge in [-0.3, -0.25) is 9.10 Å². The second-order valence-corrected chi connectivity index (χ2v) is 7.90. The topological polar surface area (TPSA) is 97.3 Å². The molecule has 0 aromatic heterocycles. The monoisotopic (exact) mass is 419 g/mol. The minimum atomic E-state index is -3.66. The van der Waals surface area contributed by atoms with E-state index < -0.39 is 22.5 Å².